The molecule has 134 valence electrons. The lowest BCUT2D eigenvalue weighted by Crippen LogP contribution is -2.29. The van der Waals surface area contributed by atoms with E-state index in [1.165, 1.54) is 0 Å². The Morgan fingerprint density at radius 1 is 0.926 bits per heavy atom. The first-order valence-electron chi connectivity index (χ1n) is 9.11. The summed E-state index contributed by atoms with van der Waals surface area (Å²) in [5.74, 6) is 0.00413. The Morgan fingerprint density at radius 2 is 1.70 bits per heavy atom. The average Bonchev–Trinajstić information content (AvgIpc) is 3.08. The third kappa shape index (κ3) is 3.90. The van der Waals surface area contributed by atoms with Crippen LogP contribution in [0.2, 0.25) is 0 Å². The molecule has 0 aliphatic heterocycles. The Hall–Kier alpha value is -3.40. The van der Waals surface area contributed by atoms with Crippen LogP contribution in [0.15, 0.2) is 85.1 Å². The number of aromatic nitrogens is 2. The van der Waals surface area contributed by atoms with Crippen molar-refractivity contribution in [1.82, 2.24) is 14.9 Å². The fourth-order valence-electron chi connectivity index (χ4n) is 3.30. The highest BCUT2D eigenvalue weighted by atomic mass is 16.1. The summed E-state index contributed by atoms with van der Waals surface area (Å²) in [4.78, 5) is 16.9. The van der Waals surface area contributed by atoms with Crippen molar-refractivity contribution in [3.05, 3.63) is 90.8 Å². The van der Waals surface area contributed by atoms with E-state index in [1.54, 1.807) is 6.20 Å². The molecule has 0 aliphatic carbocycles. The molecule has 0 saturated heterocycles. The molecule has 27 heavy (non-hydrogen) atoms. The number of para-hydroxylation sites is 1. The second-order valence-corrected chi connectivity index (χ2v) is 6.46. The van der Waals surface area contributed by atoms with Crippen molar-refractivity contribution in [2.75, 3.05) is 6.54 Å². The van der Waals surface area contributed by atoms with Gasteiger partial charge in [-0.25, -0.2) is 0 Å². The molecule has 4 nitrogen and oxygen atoms in total. The van der Waals surface area contributed by atoms with Gasteiger partial charge in [-0.05, 0) is 29.8 Å². The number of amides is 1. The fourth-order valence-corrected chi connectivity index (χ4v) is 3.30. The van der Waals surface area contributed by atoms with Crippen molar-refractivity contribution in [3.63, 3.8) is 0 Å². The number of benzene rings is 2. The quantitative estimate of drug-likeness (QED) is 0.567. The van der Waals surface area contributed by atoms with E-state index in [4.69, 9.17) is 0 Å². The summed E-state index contributed by atoms with van der Waals surface area (Å²) < 4.78 is 2.08. The van der Waals surface area contributed by atoms with Gasteiger partial charge in [-0.2, -0.15) is 0 Å². The lowest BCUT2D eigenvalue weighted by Gasteiger charge is -2.11. The van der Waals surface area contributed by atoms with E-state index in [0.717, 1.165) is 34.3 Å². The van der Waals surface area contributed by atoms with Gasteiger partial charge >= 0.3 is 0 Å². The maximum atomic E-state index is 12.6. The molecule has 0 unspecified atom stereocenters. The molecule has 2 aromatic heterocycles. The molecule has 2 aromatic carbocycles. The van der Waals surface area contributed by atoms with Crippen LogP contribution < -0.4 is 5.32 Å². The molecule has 0 radical (unpaired) electrons. The Bertz CT molecular complexity index is 1040. The van der Waals surface area contributed by atoms with Gasteiger partial charge in [-0.15, -0.1) is 0 Å². The zero-order chi connectivity index (χ0) is 18.5. The molecule has 0 spiro atoms. The topological polar surface area (TPSA) is 46.9 Å². The van der Waals surface area contributed by atoms with Crippen LogP contribution in [0, 0.1) is 0 Å². The van der Waals surface area contributed by atoms with Crippen LogP contribution in [0.1, 0.15) is 5.69 Å². The van der Waals surface area contributed by atoms with Crippen molar-refractivity contribution in [3.8, 4) is 11.3 Å². The van der Waals surface area contributed by atoms with Crippen molar-refractivity contribution >= 4 is 16.8 Å². The normalized spacial score (nSPS) is 10.8. The van der Waals surface area contributed by atoms with E-state index in [9.17, 15) is 4.79 Å². The van der Waals surface area contributed by atoms with Crippen molar-refractivity contribution in [2.45, 2.75) is 13.0 Å². The Labute approximate surface area is 158 Å². The van der Waals surface area contributed by atoms with Crippen LogP contribution in [-0.4, -0.2) is 22.0 Å². The van der Waals surface area contributed by atoms with Crippen LogP contribution >= 0.6 is 0 Å². The number of carbonyl (C=O) groups is 1. The summed E-state index contributed by atoms with van der Waals surface area (Å²) in [5.41, 5.74) is 4.21. The maximum Gasteiger partial charge on any atom is 0.239 e. The average molecular weight is 355 g/mol. The van der Waals surface area contributed by atoms with Crippen molar-refractivity contribution in [2.24, 2.45) is 0 Å². The molecule has 0 atom stereocenters. The first-order chi connectivity index (χ1) is 13.3. The summed E-state index contributed by atoms with van der Waals surface area (Å²) in [6, 6.07) is 26.3. The number of pyridine rings is 1. The van der Waals surface area contributed by atoms with Crippen LogP contribution in [0.5, 0.6) is 0 Å². The van der Waals surface area contributed by atoms with Gasteiger partial charge in [0.05, 0.1) is 0 Å². The Morgan fingerprint density at radius 3 is 2.52 bits per heavy atom. The molecule has 0 fully saturated rings. The largest absolute Gasteiger partial charge is 0.354 e. The summed E-state index contributed by atoms with van der Waals surface area (Å²) in [7, 11) is 0. The van der Waals surface area contributed by atoms with E-state index < -0.39 is 0 Å². The second kappa shape index (κ2) is 7.87. The monoisotopic (exact) mass is 355 g/mol. The number of nitrogens with one attached hydrogen (secondary N) is 1. The Balaban J connectivity index is 1.53. The van der Waals surface area contributed by atoms with Crippen molar-refractivity contribution < 1.29 is 4.79 Å². The number of hydrogen-bond donors (Lipinski definition) is 1. The van der Waals surface area contributed by atoms with Gasteiger partial charge < -0.3 is 9.88 Å². The van der Waals surface area contributed by atoms with Crippen LogP contribution in [0.3, 0.4) is 0 Å². The van der Waals surface area contributed by atoms with Crippen LogP contribution in [0.25, 0.3) is 22.2 Å². The summed E-state index contributed by atoms with van der Waals surface area (Å²) in [6.07, 6.45) is 2.50. The number of hydrogen-bond acceptors (Lipinski definition) is 2. The molecule has 2 heterocycles. The maximum absolute atomic E-state index is 12.6. The van der Waals surface area contributed by atoms with E-state index >= 15 is 0 Å². The molecule has 4 heteroatoms. The predicted molar refractivity (Wildman–Crippen MR) is 108 cm³/mol. The van der Waals surface area contributed by atoms with Gasteiger partial charge in [0.15, 0.2) is 0 Å². The number of nitrogens with zero attached hydrogens (tertiary/aromatic N) is 2. The van der Waals surface area contributed by atoms with E-state index in [-0.39, 0.29) is 5.91 Å². The van der Waals surface area contributed by atoms with E-state index in [1.807, 2.05) is 48.5 Å². The minimum Gasteiger partial charge on any atom is -0.354 e. The lowest BCUT2D eigenvalue weighted by molar-refractivity contribution is -0.121. The lowest BCUT2D eigenvalue weighted by atomic mass is 10.1. The van der Waals surface area contributed by atoms with Gasteiger partial charge in [-0.1, -0.05) is 54.6 Å². The minimum atomic E-state index is 0.00413. The molecular weight excluding hydrogens is 334 g/mol. The number of fused-ring (bicyclic) bond motifs is 1. The zero-order valence-electron chi connectivity index (χ0n) is 15.0. The third-order valence-electron chi connectivity index (χ3n) is 4.61. The van der Waals surface area contributed by atoms with Gasteiger partial charge in [0.25, 0.3) is 0 Å². The minimum absolute atomic E-state index is 0.00413. The Kier molecular flexibility index (Phi) is 4.97. The SMILES string of the molecule is O=C(Cn1c(-c2ccccc2)cc2ccccc21)NCCc1ccccn1. The smallest absolute Gasteiger partial charge is 0.239 e. The van der Waals surface area contributed by atoms with Gasteiger partial charge in [0.1, 0.15) is 6.54 Å². The number of rotatable bonds is 6. The zero-order valence-corrected chi connectivity index (χ0v) is 15.0. The molecule has 0 aliphatic rings. The summed E-state index contributed by atoms with van der Waals surface area (Å²) in [6.45, 7) is 0.871. The van der Waals surface area contributed by atoms with Crippen LogP contribution in [0.4, 0.5) is 0 Å². The fraction of sp³-hybridized carbons (Fsp3) is 0.130. The first-order valence-corrected chi connectivity index (χ1v) is 9.11. The van der Waals surface area contributed by atoms with Gasteiger partial charge in [0, 0.05) is 41.5 Å². The van der Waals surface area contributed by atoms with Gasteiger partial charge in [0.2, 0.25) is 5.91 Å². The van der Waals surface area contributed by atoms with Gasteiger partial charge in [-0.3, -0.25) is 9.78 Å². The van der Waals surface area contributed by atoms with Crippen LogP contribution in [-0.2, 0) is 17.8 Å². The molecule has 4 aromatic rings. The molecular formula is C23H21N3O. The first kappa shape index (κ1) is 17.0. The summed E-state index contributed by atoms with van der Waals surface area (Å²) >= 11 is 0. The molecule has 0 saturated carbocycles. The summed E-state index contributed by atoms with van der Waals surface area (Å²) in [5, 5.41) is 4.15. The molecule has 0 bridgehead atoms. The highest BCUT2D eigenvalue weighted by Gasteiger charge is 2.13. The van der Waals surface area contributed by atoms with E-state index in [2.05, 4.69) is 45.2 Å². The standard InChI is InChI=1S/C23H21N3O/c27-23(25-15-13-20-11-6-7-14-24-20)17-26-21-12-5-4-10-19(21)16-22(26)18-8-2-1-3-9-18/h1-12,14,16H,13,15,17H2,(H,25,27). The molecule has 1 amide bonds. The van der Waals surface area contributed by atoms with Crippen molar-refractivity contribution in [1.29, 1.82) is 0 Å². The molecule has 4 rings (SSSR count). The van der Waals surface area contributed by atoms with E-state index in [0.29, 0.717) is 13.1 Å². The highest BCUT2D eigenvalue weighted by molar-refractivity contribution is 5.89. The molecule has 1 N–H and O–H groups in total. The third-order valence-corrected chi connectivity index (χ3v) is 4.61. The predicted octanol–water partition coefficient (Wildman–Crippen LogP) is 4.06. The number of carbonyl (C=O) groups excluding carboxylic acids is 1. The highest BCUT2D eigenvalue weighted by Crippen LogP contribution is 2.28. The second-order valence-electron chi connectivity index (χ2n) is 6.46.